The molecule has 0 radical (unpaired) electrons. The van der Waals surface area contributed by atoms with E-state index in [9.17, 15) is 19.7 Å². The van der Waals surface area contributed by atoms with E-state index in [2.05, 4.69) is 0 Å². The Morgan fingerprint density at radius 1 is 1.12 bits per heavy atom. The number of rotatable bonds is 6. The van der Waals surface area contributed by atoms with Crippen LogP contribution in [0.2, 0.25) is 0 Å². The topological polar surface area (TPSA) is 96.9 Å². The van der Waals surface area contributed by atoms with Gasteiger partial charge in [-0.3, -0.25) is 19.7 Å². The fraction of sp³-hybridized carbons (Fsp3) is 0.333. The molecule has 0 spiro atoms. The van der Waals surface area contributed by atoms with Crippen molar-refractivity contribution in [3.8, 4) is 0 Å². The summed E-state index contributed by atoms with van der Waals surface area (Å²) in [6, 6.07) is 8.93. The molecule has 3 aromatic rings. The number of hydrogen-bond donors (Lipinski definition) is 0. The number of hydrogen-bond acceptors (Lipinski definition) is 6. The molecule has 1 aromatic heterocycles. The second kappa shape index (κ2) is 8.20. The number of benzene rings is 2. The van der Waals surface area contributed by atoms with Crippen LogP contribution in [0, 0.1) is 24.0 Å². The summed E-state index contributed by atoms with van der Waals surface area (Å²) < 4.78 is 5.98. The summed E-state index contributed by atoms with van der Waals surface area (Å²) in [5, 5.41) is 11.8. The fourth-order valence-electron chi connectivity index (χ4n) is 4.22. The van der Waals surface area contributed by atoms with Crippen LogP contribution < -0.4 is 5.43 Å². The number of carbonyl (C=O) groups excluding carboxylic acids is 1. The molecule has 0 saturated carbocycles. The van der Waals surface area contributed by atoms with Crippen molar-refractivity contribution >= 4 is 22.6 Å². The van der Waals surface area contributed by atoms with Gasteiger partial charge in [0.25, 0.3) is 11.6 Å². The third-order valence-electron chi connectivity index (χ3n) is 5.98. The van der Waals surface area contributed by atoms with E-state index in [-0.39, 0.29) is 28.3 Å². The number of fused-ring (bicyclic) bond motifs is 2. The molecule has 166 valence electrons. The van der Waals surface area contributed by atoms with Crippen molar-refractivity contribution in [1.29, 1.82) is 0 Å². The number of nitro benzene ring substituents is 1. The van der Waals surface area contributed by atoms with Gasteiger partial charge in [0, 0.05) is 18.7 Å². The van der Waals surface area contributed by atoms with Crippen LogP contribution in [-0.4, -0.2) is 47.8 Å². The summed E-state index contributed by atoms with van der Waals surface area (Å²) in [5.74, 6) is -0.348. The molecule has 0 unspecified atom stereocenters. The second-order valence-corrected chi connectivity index (χ2v) is 8.52. The van der Waals surface area contributed by atoms with E-state index in [1.807, 2.05) is 32.8 Å². The summed E-state index contributed by atoms with van der Waals surface area (Å²) in [6.45, 7) is 4.98. The first-order chi connectivity index (χ1) is 15.2. The molecule has 0 N–H and O–H groups in total. The van der Waals surface area contributed by atoms with Crippen LogP contribution in [0.4, 0.5) is 5.69 Å². The lowest BCUT2D eigenvalue weighted by atomic mass is 9.97. The molecule has 32 heavy (non-hydrogen) atoms. The SMILES string of the molecule is Cc1cc2oc3c(c(=O)c2cc1C)[C@H](c1cccc([N+](=O)[O-])c1)N(CCCN(C)C)C3=O. The number of carbonyl (C=O) groups is 1. The highest BCUT2D eigenvalue weighted by atomic mass is 16.6. The molecule has 0 fully saturated rings. The van der Waals surface area contributed by atoms with Crippen molar-refractivity contribution < 1.29 is 14.1 Å². The normalized spacial score (nSPS) is 15.6. The number of nitro groups is 1. The largest absolute Gasteiger partial charge is 0.450 e. The fourth-order valence-corrected chi connectivity index (χ4v) is 4.22. The molecule has 0 saturated heterocycles. The zero-order valence-electron chi connectivity index (χ0n) is 18.5. The lowest BCUT2D eigenvalue weighted by molar-refractivity contribution is -0.384. The first-order valence-electron chi connectivity index (χ1n) is 10.5. The maximum absolute atomic E-state index is 13.6. The van der Waals surface area contributed by atoms with E-state index in [4.69, 9.17) is 4.42 Å². The van der Waals surface area contributed by atoms with Crippen molar-refractivity contribution in [1.82, 2.24) is 9.80 Å². The molecular weight excluding hydrogens is 410 g/mol. The zero-order valence-corrected chi connectivity index (χ0v) is 18.5. The highest BCUT2D eigenvalue weighted by Crippen LogP contribution is 2.39. The van der Waals surface area contributed by atoms with Gasteiger partial charge in [-0.1, -0.05) is 12.1 Å². The Kier molecular flexibility index (Phi) is 5.56. The van der Waals surface area contributed by atoms with Gasteiger partial charge in [-0.2, -0.15) is 0 Å². The van der Waals surface area contributed by atoms with Gasteiger partial charge in [0.15, 0.2) is 5.43 Å². The predicted octanol–water partition coefficient (Wildman–Crippen LogP) is 3.81. The van der Waals surface area contributed by atoms with Crippen LogP contribution in [0.25, 0.3) is 11.0 Å². The Bertz CT molecular complexity index is 1290. The van der Waals surface area contributed by atoms with Gasteiger partial charge in [0.05, 0.1) is 21.9 Å². The minimum absolute atomic E-state index is 0.0205. The third-order valence-corrected chi connectivity index (χ3v) is 5.98. The summed E-state index contributed by atoms with van der Waals surface area (Å²) in [5.41, 5.74) is 2.69. The Morgan fingerprint density at radius 3 is 2.53 bits per heavy atom. The van der Waals surface area contributed by atoms with Crippen molar-refractivity contribution in [2.45, 2.75) is 26.3 Å². The average Bonchev–Trinajstić information content (AvgIpc) is 3.02. The van der Waals surface area contributed by atoms with E-state index in [0.717, 1.165) is 17.7 Å². The molecule has 0 bridgehead atoms. The maximum Gasteiger partial charge on any atom is 0.290 e. The first-order valence-corrected chi connectivity index (χ1v) is 10.5. The minimum atomic E-state index is -0.734. The summed E-state index contributed by atoms with van der Waals surface area (Å²) in [4.78, 5) is 41.4. The third kappa shape index (κ3) is 3.67. The van der Waals surface area contributed by atoms with E-state index in [1.165, 1.54) is 12.1 Å². The van der Waals surface area contributed by atoms with E-state index in [0.29, 0.717) is 29.5 Å². The summed E-state index contributed by atoms with van der Waals surface area (Å²) >= 11 is 0. The number of amides is 1. The average molecular weight is 435 g/mol. The van der Waals surface area contributed by atoms with Crippen molar-refractivity contribution in [3.05, 3.63) is 84.7 Å². The highest BCUT2D eigenvalue weighted by molar-refractivity contribution is 5.99. The van der Waals surface area contributed by atoms with E-state index >= 15 is 0 Å². The standard InChI is InChI=1S/C24H25N3O5/c1-14-11-18-19(12-15(14)2)32-23-20(22(18)28)21(16-7-5-8-17(13-16)27(30)31)26(24(23)29)10-6-9-25(3)4/h5,7-8,11-13,21H,6,9-10H2,1-4H3/t21-/m0/s1. The molecule has 1 atom stereocenters. The van der Waals surface area contributed by atoms with Crippen LogP contribution in [0.1, 0.15) is 45.3 Å². The molecule has 1 amide bonds. The molecule has 0 aliphatic carbocycles. The molecule has 2 aromatic carbocycles. The minimum Gasteiger partial charge on any atom is -0.450 e. The van der Waals surface area contributed by atoms with Gasteiger partial charge in [-0.25, -0.2) is 0 Å². The van der Waals surface area contributed by atoms with Crippen LogP contribution >= 0.6 is 0 Å². The van der Waals surface area contributed by atoms with Crippen LogP contribution in [0.3, 0.4) is 0 Å². The van der Waals surface area contributed by atoms with Crippen molar-refractivity contribution in [3.63, 3.8) is 0 Å². The quantitative estimate of drug-likeness (QED) is 0.431. The molecule has 8 heteroatoms. The Labute approximate surface area is 185 Å². The van der Waals surface area contributed by atoms with E-state index < -0.39 is 11.0 Å². The number of nitrogens with zero attached hydrogens (tertiary/aromatic N) is 3. The maximum atomic E-state index is 13.6. The van der Waals surface area contributed by atoms with Crippen LogP contribution in [0.5, 0.6) is 0 Å². The van der Waals surface area contributed by atoms with Crippen molar-refractivity contribution in [2.24, 2.45) is 0 Å². The molecule has 1 aliphatic heterocycles. The molecule has 1 aliphatic rings. The zero-order chi connectivity index (χ0) is 23.2. The molecular formula is C24H25N3O5. The lowest BCUT2D eigenvalue weighted by Crippen LogP contribution is -2.32. The molecule has 2 heterocycles. The van der Waals surface area contributed by atoms with E-state index in [1.54, 1.807) is 29.2 Å². The Balaban J connectivity index is 1.92. The van der Waals surface area contributed by atoms with Gasteiger partial charge in [-0.05, 0) is 69.7 Å². The smallest absolute Gasteiger partial charge is 0.290 e. The first kappa shape index (κ1) is 21.7. The van der Waals surface area contributed by atoms with Gasteiger partial charge in [0.2, 0.25) is 5.76 Å². The lowest BCUT2D eigenvalue weighted by Gasteiger charge is -2.25. The Morgan fingerprint density at radius 2 is 1.84 bits per heavy atom. The van der Waals surface area contributed by atoms with Crippen LogP contribution in [-0.2, 0) is 0 Å². The monoisotopic (exact) mass is 435 g/mol. The molecule has 4 rings (SSSR count). The van der Waals surface area contributed by atoms with Gasteiger partial charge in [0.1, 0.15) is 5.58 Å². The Hall–Kier alpha value is -3.52. The van der Waals surface area contributed by atoms with Crippen molar-refractivity contribution in [2.75, 3.05) is 27.2 Å². The summed E-state index contributed by atoms with van der Waals surface area (Å²) in [6.07, 6.45) is 0.685. The second-order valence-electron chi connectivity index (χ2n) is 8.52. The number of non-ortho nitro benzene ring substituents is 1. The van der Waals surface area contributed by atoms with Gasteiger partial charge < -0.3 is 14.2 Å². The summed E-state index contributed by atoms with van der Waals surface area (Å²) in [7, 11) is 3.89. The highest BCUT2D eigenvalue weighted by Gasteiger charge is 2.42. The van der Waals surface area contributed by atoms with Crippen LogP contribution in [0.15, 0.2) is 45.6 Å². The predicted molar refractivity (Wildman–Crippen MR) is 121 cm³/mol. The number of aryl methyl sites for hydroxylation is 2. The van der Waals surface area contributed by atoms with Gasteiger partial charge >= 0.3 is 0 Å². The molecule has 8 nitrogen and oxygen atoms in total. The van der Waals surface area contributed by atoms with Gasteiger partial charge in [-0.15, -0.1) is 0 Å².